The van der Waals surface area contributed by atoms with E-state index in [1.165, 1.54) is 44.1 Å². The van der Waals surface area contributed by atoms with E-state index >= 15 is 0 Å². The smallest absolute Gasteiger partial charge is 0.106 e. The summed E-state index contributed by atoms with van der Waals surface area (Å²) in [5, 5.41) is 21.8. The van der Waals surface area contributed by atoms with Crippen LogP contribution in [-0.2, 0) is 4.74 Å². The highest BCUT2D eigenvalue weighted by atomic mass is 16.5. The van der Waals surface area contributed by atoms with Crippen molar-refractivity contribution in [3.05, 3.63) is 11.3 Å². The van der Waals surface area contributed by atoms with E-state index in [9.17, 15) is 10.2 Å². The molecular weight excluding hydrogens is 374 g/mol. The number of hydrogen-bond acceptors (Lipinski definition) is 4. The number of morpholine rings is 1. The molecule has 0 aromatic heterocycles. The van der Waals surface area contributed by atoms with E-state index in [2.05, 4.69) is 25.7 Å². The summed E-state index contributed by atoms with van der Waals surface area (Å²) in [4.78, 5) is 2.40. The van der Waals surface area contributed by atoms with Gasteiger partial charge in [0.05, 0.1) is 25.4 Å². The number of hydrogen-bond donors (Lipinski definition) is 2. The van der Waals surface area contributed by atoms with Crippen LogP contribution in [0.15, 0.2) is 11.3 Å². The van der Waals surface area contributed by atoms with Crippen molar-refractivity contribution >= 4 is 0 Å². The Balaban J connectivity index is 1.33. The molecule has 0 spiro atoms. The van der Waals surface area contributed by atoms with Gasteiger partial charge in [0.1, 0.15) is 5.76 Å². The van der Waals surface area contributed by atoms with Crippen LogP contribution in [0.25, 0.3) is 0 Å². The number of rotatable bonds is 2. The highest BCUT2D eigenvalue weighted by Crippen LogP contribution is 2.64. The zero-order valence-electron chi connectivity index (χ0n) is 19.4. The standard InChI is InChI=1S/C26H43NO3/c1-17-16-30-13-12-27(17)15-24(28)23-7-6-22-21-5-4-18-14-25(2,29)10-8-19(18)20(21)9-11-26(22,23)3/h17-22,28-29H,4-16H2,1-3H3/b24-23+/t17-,18-,19+,20-,21-,22+,25-,26+/m1/s1. The molecule has 30 heavy (non-hydrogen) atoms. The van der Waals surface area contributed by atoms with Crippen LogP contribution < -0.4 is 0 Å². The largest absolute Gasteiger partial charge is 0.511 e. The fourth-order valence-corrected chi connectivity index (χ4v) is 8.65. The number of nitrogens with zero attached hydrogens (tertiary/aromatic N) is 1. The summed E-state index contributed by atoms with van der Waals surface area (Å²) >= 11 is 0. The van der Waals surface area contributed by atoms with Crippen LogP contribution in [0, 0.1) is 35.0 Å². The van der Waals surface area contributed by atoms with Gasteiger partial charge in [-0.25, -0.2) is 0 Å². The van der Waals surface area contributed by atoms with Crippen molar-refractivity contribution in [2.75, 3.05) is 26.3 Å². The van der Waals surface area contributed by atoms with Gasteiger partial charge in [0.25, 0.3) is 0 Å². The fourth-order valence-electron chi connectivity index (χ4n) is 8.65. The molecule has 4 saturated carbocycles. The minimum Gasteiger partial charge on any atom is -0.511 e. The van der Waals surface area contributed by atoms with Crippen LogP contribution in [0.1, 0.15) is 78.6 Å². The van der Waals surface area contributed by atoms with Gasteiger partial charge in [0.2, 0.25) is 0 Å². The van der Waals surface area contributed by atoms with Crippen LogP contribution in [0.2, 0.25) is 0 Å². The molecule has 0 amide bonds. The first-order chi connectivity index (χ1) is 14.3. The van der Waals surface area contributed by atoms with Gasteiger partial charge in [0.15, 0.2) is 0 Å². The number of aliphatic hydroxyl groups is 2. The van der Waals surface area contributed by atoms with E-state index in [-0.39, 0.29) is 5.41 Å². The Morgan fingerprint density at radius 2 is 1.87 bits per heavy atom. The zero-order chi connectivity index (χ0) is 21.1. The molecule has 0 aromatic carbocycles. The first-order valence-electron chi connectivity index (χ1n) is 12.7. The maximum Gasteiger partial charge on any atom is 0.106 e. The second kappa shape index (κ2) is 7.78. The van der Waals surface area contributed by atoms with Crippen LogP contribution in [0.5, 0.6) is 0 Å². The van der Waals surface area contributed by atoms with Crippen molar-refractivity contribution in [2.45, 2.75) is 90.2 Å². The number of fused-ring (bicyclic) bond motifs is 5. The van der Waals surface area contributed by atoms with Gasteiger partial charge in [-0.05, 0) is 112 Å². The minimum absolute atomic E-state index is 0.202. The molecule has 4 heteroatoms. The maximum atomic E-state index is 11.2. The lowest BCUT2D eigenvalue weighted by atomic mass is 9.49. The summed E-state index contributed by atoms with van der Waals surface area (Å²) in [6.45, 7) is 9.94. The van der Waals surface area contributed by atoms with Crippen LogP contribution >= 0.6 is 0 Å². The normalized spacial score (nSPS) is 51.1. The monoisotopic (exact) mass is 417 g/mol. The first kappa shape index (κ1) is 21.3. The first-order valence-corrected chi connectivity index (χ1v) is 12.7. The van der Waals surface area contributed by atoms with Crippen LogP contribution in [0.3, 0.4) is 0 Å². The van der Waals surface area contributed by atoms with E-state index < -0.39 is 5.60 Å². The Labute approximate surface area is 183 Å². The van der Waals surface area contributed by atoms with Gasteiger partial charge in [-0.3, -0.25) is 4.90 Å². The second-order valence-corrected chi connectivity index (χ2v) is 12.0. The lowest BCUT2D eigenvalue weighted by molar-refractivity contribution is -0.0903. The van der Waals surface area contributed by atoms with Gasteiger partial charge in [-0.1, -0.05) is 6.92 Å². The van der Waals surface area contributed by atoms with Crippen molar-refractivity contribution in [3.63, 3.8) is 0 Å². The minimum atomic E-state index is -0.428. The van der Waals surface area contributed by atoms with Gasteiger partial charge >= 0.3 is 0 Å². The van der Waals surface area contributed by atoms with Gasteiger partial charge in [-0.2, -0.15) is 0 Å². The Bertz CT molecular complexity index is 688. The SMILES string of the molecule is C[C@@H]1COCCN1C/C(O)=C1/CC[C@H]2[C@@H]3CC[C@@H]4C[C@](C)(O)CC[C@@H]4[C@H]3CC[C@]12C. The Kier molecular flexibility index (Phi) is 5.51. The van der Waals surface area contributed by atoms with Crippen molar-refractivity contribution in [2.24, 2.45) is 35.0 Å². The van der Waals surface area contributed by atoms with E-state index in [4.69, 9.17) is 4.74 Å². The Morgan fingerprint density at radius 1 is 1.07 bits per heavy atom. The lowest BCUT2D eigenvalue weighted by Crippen LogP contribution is -2.50. The molecule has 0 aromatic rings. The molecule has 5 rings (SSSR count). The molecule has 0 radical (unpaired) electrons. The highest BCUT2D eigenvalue weighted by molar-refractivity contribution is 5.27. The van der Waals surface area contributed by atoms with Gasteiger partial charge in [-0.15, -0.1) is 0 Å². The third-order valence-corrected chi connectivity index (χ3v) is 10.2. The molecule has 2 N–H and O–H groups in total. The topological polar surface area (TPSA) is 52.9 Å². The van der Waals surface area contributed by atoms with Gasteiger partial charge in [0, 0.05) is 12.6 Å². The molecule has 0 bridgehead atoms. The summed E-state index contributed by atoms with van der Waals surface area (Å²) in [5.74, 6) is 4.70. The molecule has 1 saturated heterocycles. The predicted octanol–water partition coefficient (Wildman–Crippen LogP) is 4.92. The zero-order valence-corrected chi connectivity index (χ0v) is 19.4. The molecule has 4 nitrogen and oxygen atoms in total. The average molecular weight is 418 g/mol. The highest BCUT2D eigenvalue weighted by Gasteiger charge is 2.56. The van der Waals surface area contributed by atoms with Crippen molar-refractivity contribution in [1.82, 2.24) is 4.90 Å². The summed E-state index contributed by atoms with van der Waals surface area (Å²) in [7, 11) is 0. The quantitative estimate of drug-likeness (QED) is 0.626. The third kappa shape index (κ3) is 3.55. The van der Waals surface area contributed by atoms with E-state index in [0.717, 1.165) is 68.6 Å². The van der Waals surface area contributed by atoms with Crippen molar-refractivity contribution in [3.8, 4) is 0 Å². The fraction of sp³-hybridized carbons (Fsp3) is 0.923. The second-order valence-electron chi connectivity index (χ2n) is 12.0. The molecule has 0 unspecified atom stereocenters. The van der Waals surface area contributed by atoms with Crippen molar-refractivity contribution < 1.29 is 14.9 Å². The molecule has 8 atom stereocenters. The van der Waals surface area contributed by atoms with Crippen LogP contribution in [-0.4, -0.2) is 53.1 Å². The number of ether oxygens (including phenoxy) is 1. The molecule has 170 valence electrons. The number of allylic oxidation sites excluding steroid dienone is 1. The molecule has 5 aliphatic rings. The summed E-state index contributed by atoms with van der Waals surface area (Å²) in [6, 6.07) is 0.390. The van der Waals surface area contributed by atoms with Crippen LogP contribution in [0.4, 0.5) is 0 Å². The predicted molar refractivity (Wildman–Crippen MR) is 119 cm³/mol. The number of aliphatic hydroxyl groups excluding tert-OH is 1. The summed E-state index contributed by atoms with van der Waals surface area (Å²) in [5.41, 5.74) is 1.16. The Hall–Kier alpha value is -0.580. The average Bonchev–Trinajstić information content (AvgIpc) is 3.06. The molecule has 1 heterocycles. The van der Waals surface area contributed by atoms with E-state index in [1.54, 1.807) is 0 Å². The molecular formula is C26H43NO3. The lowest BCUT2D eigenvalue weighted by Gasteiger charge is -2.56. The summed E-state index contributed by atoms with van der Waals surface area (Å²) < 4.78 is 5.59. The van der Waals surface area contributed by atoms with E-state index in [0.29, 0.717) is 18.3 Å². The molecule has 5 fully saturated rings. The maximum absolute atomic E-state index is 11.2. The van der Waals surface area contributed by atoms with Crippen molar-refractivity contribution in [1.29, 1.82) is 0 Å². The Morgan fingerprint density at radius 3 is 2.67 bits per heavy atom. The molecule has 4 aliphatic carbocycles. The third-order valence-electron chi connectivity index (χ3n) is 10.2. The van der Waals surface area contributed by atoms with E-state index in [1.807, 2.05) is 0 Å². The van der Waals surface area contributed by atoms with Gasteiger partial charge < -0.3 is 14.9 Å². The molecule has 1 aliphatic heterocycles. The summed E-state index contributed by atoms with van der Waals surface area (Å²) in [6.07, 6.45) is 10.8.